The Morgan fingerprint density at radius 3 is 2.61 bits per heavy atom. The van der Waals surface area contributed by atoms with Crippen LogP contribution in [0.15, 0.2) is 24.3 Å². The van der Waals surface area contributed by atoms with Crippen molar-refractivity contribution in [3.8, 4) is 0 Å². The third-order valence-electron chi connectivity index (χ3n) is 3.50. The van der Waals surface area contributed by atoms with Crippen LogP contribution in [0.4, 0.5) is 0 Å². The molecule has 1 unspecified atom stereocenters. The maximum Gasteiger partial charge on any atom is 0.220 e. The van der Waals surface area contributed by atoms with Gasteiger partial charge in [-0.25, -0.2) is 0 Å². The second-order valence-corrected chi connectivity index (χ2v) is 5.22. The molecule has 0 spiro atoms. The molecule has 1 aromatic rings. The molecule has 1 atom stereocenters. The summed E-state index contributed by atoms with van der Waals surface area (Å²) in [5, 5.41) is 3.01. The molecule has 1 aliphatic carbocycles. The molecule has 3 nitrogen and oxygen atoms in total. The van der Waals surface area contributed by atoms with E-state index < -0.39 is 0 Å². The molecule has 3 heteroatoms. The minimum absolute atomic E-state index is 0.170. The summed E-state index contributed by atoms with van der Waals surface area (Å²) in [7, 11) is 0. The summed E-state index contributed by atoms with van der Waals surface area (Å²) >= 11 is 0. The molecule has 1 aromatic carbocycles. The number of carbonyl (C=O) groups excluding carboxylic acids is 1. The van der Waals surface area contributed by atoms with E-state index in [0.29, 0.717) is 19.0 Å². The highest BCUT2D eigenvalue weighted by molar-refractivity contribution is 5.76. The van der Waals surface area contributed by atoms with Crippen LogP contribution in [0.1, 0.15) is 42.7 Å². The monoisotopic (exact) mass is 246 g/mol. The summed E-state index contributed by atoms with van der Waals surface area (Å²) in [6, 6.07) is 8.88. The molecule has 0 bridgehead atoms. The Bertz CT molecular complexity index is 395. The van der Waals surface area contributed by atoms with Gasteiger partial charge in [0, 0.05) is 12.5 Å². The van der Waals surface area contributed by atoms with E-state index in [9.17, 15) is 4.79 Å². The van der Waals surface area contributed by atoms with Crippen molar-refractivity contribution in [3.05, 3.63) is 35.4 Å². The van der Waals surface area contributed by atoms with Crippen LogP contribution in [0.2, 0.25) is 0 Å². The number of nitrogens with two attached hydrogens (primary N) is 1. The first kappa shape index (κ1) is 13.1. The van der Waals surface area contributed by atoms with Crippen molar-refractivity contribution in [2.24, 2.45) is 5.73 Å². The van der Waals surface area contributed by atoms with E-state index in [4.69, 9.17) is 5.73 Å². The Kier molecular flexibility index (Phi) is 4.37. The van der Waals surface area contributed by atoms with Crippen LogP contribution < -0.4 is 11.1 Å². The standard InChI is InChI=1S/C15H22N2O/c1-11-2-4-12(5-3-11)13(10-16)6-9-15(18)17-14-7-8-14/h2-5,13-14H,6-10,16H2,1H3,(H,17,18). The Hall–Kier alpha value is -1.35. The lowest BCUT2D eigenvalue weighted by Gasteiger charge is -2.15. The molecule has 18 heavy (non-hydrogen) atoms. The molecule has 0 radical (unpaired) electrons. The molecular formula is C15H22N2O. The molecular weight excluding hydrogens is 224 g/mol. The molecule has 2 rings (SSSR count). The van der Waals surface area contributed by atoms with Crippen molar-refractivity contribution < 1.29 is 4.79 Å². The number of amides is 1. The van der Waals surface area contributed by atoms with Crippen molar-refractivity contribution in [2.45, 2.75) is 44.6 Å². The summed E-state index contributed by atoms with van der Waals surface area (Å²) in [5.41, 5.74) is 8.30. The smallest absolute Gasteiger partial charge is 0.220 e. The van der Waals surface area contributed by atoms with Gasteiger partial charge in [-0.2, -0.15) is 0 Å². The van der Waals surface area contributed by atoms with Crippen LogP contribution in [0.3, 0.4) is 0 Å². The van der Waals surface area contributed by atoms with Gasteiger partial charge in [0.2, 0.25) is 5.91 Å². The molecule has 0 aromatic heterocycles. The van der Waals surface area contributed by atoms with Crippen molar-refractivity contribution in [3.63, 3.8) is 0 Å². The summed E-state index contributed by atoms with van der Waals surface area (Å²) in [4.78, 5) is 11.6. The first-order valence-corrected chi connectivity index (χ1v) is 6.75. The molecule has 1 amide bonds. The van der Waals surface area contributed by atoms with Crippen molar-refractivity contribution >= 4 is 5.91 Å². The van der Waals surface area contributed by atoms with Crippen molar-refractivity contribution in [2.75, 3.05) is 6.54 Å². The zero-order chi connectivity index (χ0) is 13.0. The van der Waals surface area contributed by atoms with Gasteiger partial charge >= 0.3 is 0 Å². The van der Waals surface area contributed by atoms with E-state index in [2.05, 4.69) is 36.5 Å². The fourth-order valence-electron chi connectivity index (χ4n) is 2.09. The topological polar surface area (TPSA) is 55.1 Å². The highest BCUT2D eigenvalue weighted by Gasteiger charge is 2.23. The van der Waals surface area contributed by atoms with Crippen molar-refractivity contribution in [1.82, 2.24) is 5.32 Å². The number of nitrogens with one attached hydrogen (secondary N) is 1. The van der Waals surface area contributed by atoms with Crippen molar-refractivity contribution in [1.29, 1.82) is 0 Å². The van der Waals surface area contributed by atoms with Crippen LogP contribution in [-0.4, -0.2) is 18.5 Å². The number of aryl methyl sites for hydroxylation is 1. The molecule has 1 fully saturated rings. The van der Waals surface area contributed by atoms with Crippen LogP contribution in [0.25, 0.3) is 0 Å². The predicted molar refractivity (Wildman–Crippen MR) is 73.4 cm³/mol. The van der Waals surface area contributed by atoms with Gasteiger partial charge in [0.05, 0.1) is 0 Å². The second-order valence-electron chi connectivity index (χ2n) is 5.22. The van der Waals surface area contributed by atoms with Gasteiger partial charge in [-0.3, -0.25) is 4.79 Å². The average Bonchev–Trinajstić information content (AvgIpc) is 3.16. The SMILES string of the molecule is Cc1ccc(C(CN)CCC(=O)NC2CC2)cc1. The van der Waals surface area contributed by atoms with Gasteiger partial charge in [-0.15, -0.1) is 0 Å². The third-order valence-corrected chi connectivity index (χ3v) is 3.50. The molecule has 98 valence electrons. The lowest BCUT2D eigenvalue weighted by atomic mass is 9.93. The van der Waals surface area contributed by atoms with E-state index in [-0.39, 0.29) is 11.8 Å². The normalized spacial score (nSPS) is 16.3. The Morgan fingerprint density at radius 2 is 2.06 bits per heavy atom. The summed E-state index contributed by atoms with van der Waals surface area (Å²) < 4.78 is 0. The Labute approximate surface area is 109 Å². The molecule has 3 N–H and O–H groups in total. The number of carbonyl (C=O) groups is 1. The largest absolute Gasteiger partial charge is 0.353 e. The van der Waals surface area contributed by atoms with Crippen LogP contribution in [0, 0.1) is 6.92 Å². The van der Waals surface area contributed by atoms with Gasteiger partial charge < -0.3 is 11.1 Å². The Morgan fingerprint density at radius 1 is 1.39 bits per heavy atom. The van der Waals surface area contributed by atoms with E-state index in [0.717, 1.165) is 19.3 Å². The minimum Gasteiger partial charge on any atom is -0.353 e. The quantitative estimate of drug-likeness (QED) is 0.807. The highest BCUT2D eigenvalue weighted by atomic mass is 16.1. The van der Waals surface area contributed by atoms with Gasteiger partial charge in [-0.05, 0) is 44.2 Å². The van der Waals surface area contributed by atoms with E-state index in [1.165, 1.54) is 11.1 Å². The Balaban J connectivity index is 1.84. The van der Waals surface area contributed by atoms with Gasteiger partial charge in [0.25, 0.3) is 0 Å². The summed E-state index contributed by atoms with van der Waals surface area (Å²) in [6.45, 7) is 2.67. The lowest BCUT2D eigenvalue weighted by molar-refractivity contribution is -0.121. The molecule has 0 saturated heterocycles. The second kappa shape index (κ2) is 6.01. The fraction of sp³-hybridized carbons (Fsp3) is 0.533. The van der Waals surface area contributed by atoms with Crippen LogP contribution in [0.5, 0.6) is 0 Å². The average molecular weight is 246 g/mol. The number of hydrogen-bond acceptors (Lipinski definition) is 2. The fourth-order valence-corrected chi connectivity index (χ4v) is 2.09. The minimum atomic E-state index is 0.170. The highest BCUT2D eigenvalue weighted by Crippen LogP contribution is 2.22. The van der Waals surface area contributed by atoms with Crippen LogP contribution in [-0.2, 0) is 4.79 Å². The maximum absolute atomic E-state index is 11.6. The molecule has 0 heterocycles. The molecule has 1 aliphatic rings. The maximum atomic E-state index is 11.6. The zero-order valence-electron chi connectivity index (χ0n) is 11.0. The zero-order valence-corrected chi connectivity index (χ0v) is 11.0. The van der Waals surface area contributed by atoms with Gasteiger partial charge in [0.1, 0.15) is 0 Å². The van der Waals surface area contributed by atoms with Crippen LogP contribution >= 0.6 is 0 Å². The lowest BCUT2D eigenvalue weighted by Crippen LogP contribution is -2.26. The van der Waals surface area contributed by atoms with Gasteiger partial charge in [-0.1, -0.05) is 29.8 Å². The van der Waals surface area contributed by atoms with E-state index in [1.54, 1.807) is 0 Å². The predicted octanol–water partition coefficient (Wildman–Crippen LogP) is 2.10. The first-order valence-electron chi connectivity index (χ1n) is 6.75. The number of hydrogen-bond donors (Lipinski definition) is 2. The first-order chi connectivity index (χ1) is 8.69. The molecule has 1 saturated carbocycles. The van der Waals surface area contributed by atoms with E-state index in [1.807, 2.05) is 0 Å². The summed E-state index contributed by atoms with van der Waals surface area (Å²) in [6.07, 6.45) is 3.69. The molecule has 0 aliphatic heterocycles. The number of rotatable bonds is 6. The van der Waals surface area contributed by atoms with E-state index >= 15 is 0 Å². The van der Waals surface area contributed by atoms with Gasteiger partial charge in [0.15, 0.2) is 0 Å². The third kappa shape index (κ3) is 3.84. The summed E-state index contributed by atoms with van der Waals surface area (Å²) in [5.74, 6) is 0.457. The number of benzene rings is 1.